The highest BCUT2D eigenvalue weighted by atomic mass is 35.5. The normalized spacial score (nSPS) is 19.5. The second-order valence-corrected chi connectivity index (χ2v) is 10.2. The molecule has 0 aromatic carbocycles. The van der Waals surface area contributed by atoms with Gasteiger partial charge in [-0.1, -0.05) is 25.8 Å². The molecule has 0 spiro atoms. The molecule has 1 aromatic rings. The number of pyridine rings is 1. The molecule has 2 N–H and O–H groups in total. The van der Waals surface area contributed by atoms with Crippen LogP contribution in [0.2, 0.25) is 0 Å². The lowest BCUT2D eigenvalue weighted by Crippen LogP contribution is -2.62. The van der Waals surface area contributed by atoms with E-state index in [1.807, 2.05) is 12.3 Å². The number of carbonyl (C=O) groups excluding carboxylic acids is 1. The van der Waals surface area contributed by atoms with Gasteiger partial charge in [-0.3, -0.25) is 10.0 Å². The Balaban J connectivity index is 0.00000341. The highest BCUT2D eigenvalue weighted by Gasteiger charge is 2.54. The van der Waals surface area contributed by atoms with Crippen molar-refractivity contribution in [3.05, 3.63) is 23.9 Å². The van der Waals surface area contributed by atoms with E-state index in [0.717, 1.165) is 18.7 Å². The minimum Gasteiger partial charge on any atom is -0.381 e. The summed E-state index contributed by atoms with van der Waals surface area (Å²) in [6.45, 7) is 4.04. The van der Waals surface area contributed by atoms with Crippen LogP contribution in [0, 0.1) is 0 Å². The number of amides is 1. The maximum absolute atomic E-state index is 13.3. The standard InChI is InChI=1S/C20H32N4O5S.ClH/c1-2-3-4-5-17-6-7-18(21-16-17)23-10-12-24(13-11-23)30(27,28)20(19(25)22-26)8-14-29-15-9-20;/h6-7,16,26H,2-5,8-15H2,1H3,(H,22,25);1H. The van der Waals surface area contributed by atoms with Crippen LogP contribution >= 0.6 is 12.4 Å². The number of nitrogens with zero attached hydrogens (tertiary/aromatic N) is 3. The third-order valence-electron chi connectivity index (χ3n) is 6.09. The highest BCUT2D eigenvalue weighted by molar-refractivity contribution is 7.91. The number of anilines is 1. The number of hydrogen-bond acceptors (Lipinski definition) is 7. The van der Waals surface area contributed by atoms with Crippen molar-refractivity contribution >= 4 is 34.2 Å². The van der Waals surface area contributed by atoms with E-state index in [1.54, 1.807) is 5.48 Å². The molecule has 0 bridgehead atoms. The van der Waals surface area contributed by atoms with Gasteiger partial charge in [-0.25, -0.2) is 18.9 Å². The molecule has 1 amide bonds. The molecule has 11 heteroatoms. The number of nitrogens with one attached hydrogen (secondary N) is 1. The lowest BCUT2D eigenvalue weighted by molar-refractivity contribution is -0.134. The minimum absolute atomic E-state index is 0. The first-order valence-electron chi connectivity index (χ1n) is 10.7. The van der Waals surface area contributed by atoms with Crippen LogP contribution in [-0.4, -0.2) is 73.0 Å². The van der Waals surface area contributed by atoms with Crippen LogP contribution in [0.25, 0.3) is 0 Å². The number of piperazine rings is 1. The number of rotatable bonds is 8. The molecular formula is C20H33ClN4O5S. The zero-order valence-corrected chi connectivity index (χ0v) is 19.6. The van der Waals surface area contributed by atoms with Crippen molar-refractivity contribution in [2.45, 2.75) is 50.2 Å². The van der Waals surface area contributed by atoms with Crippen LogP contribution in [0.1, 0.15) is 44.6 Å². The molecule has 0 radical (unpaired) electrons. The first kappa shape index (κ1) is 25.8. The SMILES string of the molecule is CCCCCc1ccc(N2CCN(S(=O)(=O)C3(C(=O)NO)CCOCC3)CC2)nc1.Cl. The molecule has 3 heterocycles. The van der Waals surface area contributed by atoms with Crippen molar-refractivity contribution in [3.63, 3.8) is 0 Å². The molecule has 1 aromatic heterocycles. The van der Waals surface area contributed by atoms with Gasteiger partial charge in [-0.2, -0.15) is 4.31 Å². The zero-order valence-electron chi connectivity index (χ0n) is 18.0. The van der Waals surface area contributed by atoms with Crippen LogP contribution < -0.4 is 10.4 Å². The van der Waals surface area contributed by atoms with Crippen molar-refractivity contribution in [3.8, 4) is 0 Å². The largest absolute Gasteiger partial charge is 0.381 e. The molecule has 0 aliphatic carbocycles. The molecule has 0 unspecified atom stereocenters. The molecule has 31 heavy (non-hydrogen) atoms. The molecule has 2 aliphatic heterocycles. The van der Waals surface area contributed by atoms with Gasteiger partial charge in [-0.15, -0.1) is 12.4 Å². The van der Waals surface area contributed by atoms with Crippen molar-refractivity contribution in [1.82, 2.24) is 14.8 Å². The molecule has 0 atom stereocenters. The molecule has 2 aliphatic rings. The van der Waals surface area contributed by atoms with Crippen LogP contribution in [0.3, 0.4) is 0 Å². The van der Waals surface area contributed by atoms with Gasteiger partial charge in [0.2, 0.25) is 10.0 Å². The van der Waals surface area contributed by atoms with E-state index in [4.69, 9.17) is 9.94 Å². The van der Waals surface area contributed by atoms with E-state index in [-0.39, 0.29) is 51.6 Å². The van der Waals surface area contributed by atoms with E-state index in [2.05, 4.69) is 22.9 Å². The summed E-state index contributed by atoms with van der Waals surface area (Å²) in [5.74, 6) is -0.0475. The van der Waals surface area contributed by atoms with Gasteiger partial charge in [0.05, 0.1) is 0 Å². The van der Waals surface area contributed by atoms with Gasteiger partial charge in [0.25, 0.3) is 5.91 Å². The van der Waals surface area contributed by atoms with Gasteiger partial charge in [0.15, 0.2) is 4.75 Å². The van der Waals surface area contributed by atoms with E-state index in [1.165, 1.54) is 22.7 Å². The lowest BCUT2D eigenvalue weighted by Gasteiger charge is -2.41. The molecule has 0 saturated carbocycles. The molecule has 3 rings (SSSR count). The minimum atomic E-state index is -3.95. The molecule has 2 fully saturated rings. The summed E-state index contributed by atoms with van der Waals surface area (Å²) >= 11 is 0. The van der Waals surface area contributed by atoms with Crippen molar-refractivity contribution in [1.29, 1.82) is 0 Å². The van der Waals surface area contributed by atoms with Crippen LogP contribution in [-0.2, 0) is 26.0 Å². The van der Waals surface area contributed by atoms with Gasteiger partial charge in [0, 0.05) is 58.4 Å². The third kappa shape index (κ3) is 5.48. The zero-order chi connectivity index (χ0) is 21.6. The summed E-state index contributed by atoms with van der Waals surface area (Å²) in [4.78, 5) is 19.0. The summed E-state index contributed by atoms with van der Waals surface area (Å²) in [6.07, 6.45) is 6.53. The predicted octanol–water partition coefficient (Wildman–Crippen LogP) is 1.74. The monoisotopic (exact) mass is 476 g/mol. The maximum Gasteiger partial charge on any atom is 0.266 e. The molecular weight excluding hydrogens is 444 g/mol. The fraction of sp³-hybridized carbons (Fsp3) is 0.700. The number of aromatic nitrogens is 1. The molecule has 2 saturated heterocycles. The number of sulfonamides is 1. The topological polar surface area (TPSA) is 112 Å². The average Bonchev–Trinajstić information content (AvgIpc) is 2.79. The Bertz CT molecular complexity index is 807. The van der Waals surface area contributed by atoms with Crippen LogP contribution in [0.4, 0.5) is 5.82 Å². The van der Waals surface area contributed by atoms with Gasteiger partial charge in [-0.05, 0) is 24.5 Å². The summed E-state index contributed by atoms with van der Waals surface area (Å²) in [6, 6.07) is 4.08. The van der Waals surface area contributed by atoms with E-state index in [0.29, 0.717) is 13.1 Å². The quantitative estimate of drug-likeness (QED) is 0.334. The maximum atomic E-state index is 13.3. The van der Waals surface area contributed by atoms with Crippen molar-refractivity contribution in [2.24, 2.45) is 0 Å². The first-order valence-corrected chi connectivity index (χ1v) is 12.1. The number of carbonyl (C=O) groups is 1. The lowest BCUT2D eigenvalue weighted by atomic mass is 9.98. The number of hydroxylamine groups is 1. The van der Waals surface area contributed by atoms with Gasteiger partial charge >= 0.3 is 0 Å². The van der Waals surface area contributed by atoms with Crippen LogP contribution in [0.15, 0.2) is 18.3 Å². The Labute approximate surface area is 190 Å². The van der Waals surface area contributed by atoms with Gasteiger partial charge < -0.3 is 9.64 Å². The third-order valence-corrected chi connectivity index (χ3v) is 8.72. The van der Waals surface area contributed by atoms with E-state index >= 15 is 0 Å². The number of ether oxygens (including phenoxy) is 1. The summed E-state index contributed by atoms with van der Waals surface area (Å²) in [5, 5.41) is 9.16. The number of hydrogen-bond donors (Lipinski definition) is 2. The Kier molecular flexibility index (Phi) is 9.50. The Morgan fingerprint density at radius 2 is 1.87 bits per heavy atom. The Morgan fingerprint density at radius 1 is 1.19 bits per heavy atom. The van der Waals surface area contributed by atoms with Crippen LogP contribution in [0.5, 0.6) is 0 Å². The molecule has 9 nitrogen and oxygen atoms in total. The Morgan fingerprint density at radius 3 is 2.42 bits per heavy atom. The highest BCUT2D eigenvalue weighted by Crippen LogP contribution is 2.33. The fourth-order valence-corrected chi connectivity index (χ4v) is 6.24. The van der Waals surface area contributed by atoms with Crippen molar-refractivity contribution in [2.75, 3.05) is 44.3 Å². The Hall–Kier alpha value is -1.46. The molecule has 176 valence electrons. The second-order valence-electron chi connectivity index (χ2n) is 7.92. The van der Waals surface area contributed by atoms with E-state index in [9.17, 15) is 13.2 Å². The summed E-state index contributed by atoms with van der Waals surface area (Å²) < 4.78 is 31.6. The predicted molar refractivity (Wildman–Crippen MR) is 120 cm³/mol. The fourth-order valence-electron chi connectivity index (χ4n) is 4.14. The number of halogens is 1. The van der Waals surface area contributed by atoms with E-state index < -0.39 is 20.7 Å². The number of aryl methyl sites for hydroxylation is 1. The smallest absolute Gasteiger partial charge is 0.266 e. The van der Waals surface area contributed by atoms with Gasteiger partial charge in [0.1, 0.15) is 5.82 Å². The van der Waals surface area contributed by atoms with Crippen molar-refractivity contribution < 1.29 is 23.2 Å². The first-order chi connectivity index (χ1) is 14.4. The summed E-state index contributed by atoms with van der Waals surface area (Å²) in [5.41, 5.74) is 2.77. The summed E-state index contributed by atoms with van der Waals surface area (Å²) in [7, 11) is -3.95. The average molecular weight is 477 g/mol. The number of unbranched alkanes of at least 4 members (excludes halogenated alkanes) is 2. The second kappa shape index (κ2) is 11.4.